The molecule has 0 unspecified atom stereocenters. The lowest BCUT2D eigenvalue weighted by atomic mass is 10.3. The summed E-state index contributed by atoms with van der Waals surface area (Å²) in [5, 5.41) is 0. The van der Waals surface area contributed by atoms with Gasteiger partial charge in [-0.2, -0.15) is 0 Å². The number of thioether (sulfide) groups is 1. The van der Waals surface area contributed by atoms with Crippen molar-refractivity contribution in [1.29, 1.82) is 0 Å². The van der Waals surface area contributed by atoms with E-state index in [2.05, 4.69) is 16.8 Å². The van der Waals surface area contributed by atoms with Gasteiger partial charge in [0, 0.05) is 16.9 Å². The molecule has 2 heteroatoms. The van der Waals surface area contributed by atoms with Crippen LogP contribution in [0.3, 0.4) is 0 Å². The van der Waals surface area contributed by atoms with Gasteiger partial charge in [0.2, 0.25) is 0 Å². The standard InChI is InChI=1S/C9H8NS/c1-2-5-9-8(4-1)10-6-3-7-11-9/h1-2,4-7H,3H2. The highest BCUT2D eigenvalue weighted by Crippen LogP contribution is 2.33. The number of para-hydroxylation sites is 1. The summed E-state index contributed by atoms with van der Waals surface area (Å²) in [6, 6.07) is 8.19. The van der Waals surface area contributed by atoms with Crippen LogP contribution in [0, 0.1) is 5.75 Å². The summed E-state index contributed by atoms with van der Waals surface area (Å²) in [6.07, 6.45) is 2.90. The van der Waals surface area contributed by atoms with Gasteiger partial charge in [-0.25, -0.2) is 0 Å². The van der Waals surface area contributed by atoms with E-state index in [4.69, 9.17) is 0 Å². The second-order valence-corrected chi connectivity index (χ2v) is 3.31. The Morgan fingerprint density at radius 3 is 3.18 bits per heavy atom. The van der Waals surface area contributed by atoms with E-state index in [1.54, 1.807) is 11.8 Å². The molecule has 1 aliphatic rings. The lowest BCUT2D eigenvalue weighted by Gasteiger charge is -1.98. The molecular weight excluding hydrogens is 154 g/mol. The zero-order chi connectivity index (χ0) is 7.52. The zero-order valence-electron chi connectivity index (χ0n) is 6.03. The van der Waals surface area contributed by atoms with E-state index in [9.17, 15) is 0 Å². The minimum atomic E-state index is 0.958. The molecular formula is C9H8NS. The number of aliphatic imine (C=N–C) groups is 1. The van der Waals surface area contributed by atoms with Crippen molar-refractivity contribution in [3.63, 3.8) is 0 Å². The van der Waals surface area contributed by atoms with Crippen molar-refractivity contribution in [2.24, 2.45) is 4.99 Å². The highest BCUT2D eigenvalue weighted by molar-refractivity contribution is 8.01. The van der Waals surface area contributed by atoms with E-state index >= 15 is 0 Å². The molecule has 0 aromatic heterocycles. The molecule has 1 aromatic rings. The van der Waals surface area contributed by atoms with E-state index in [1.807, 2.05) is 24.4 Å². The van der Waals surface area contributed by atoms with Gasteiger partial charge in [0.15, 0.2) is 0 Å². The molecule has 0 atom stereocenters. The first-order chi connectivity index (χ1) is 5.47. The van der Waals surface area contributed by atoms with E-state index in [0.717, 1.165) is 12.1 Å². The summed E-state index contributed by atoms with van der Waals surface area (Å²) < 4.78 is 0. The van der Waals surface area contributed by atoms with Gasteiger partial charge in [-0.3, -0.25) is 4.99 Å². The Kier molecular flexibility index (Phi) is 1.95. The highest BCUT2D eigenvalue weighted by atomic mass is 32.2. The van der Waals surface area contributed by atoms with Crippen molar-refractivity contribution >= 4 is 23.7 Å². The van der Waals surface area contributed by atoms with Crippen molar-refractivity contribution in [3.8, 4) is 0 Å². The van der Waals surface area contributed by atoms with Gasteiger partial charge in [0.1, 0.15) is 0 Å². The fraction of sp³-hybridized carbons (Fsp3) is 0.111. The monoisotopic (exact) mass is 162 g/mol. The average Bonchev–Trinajstić information content (AvgIpc) is 2.28. The quantitative estimate of drug-likeness (QED) is 0.571. The molecule has 1 heterocycles. The molecule has 1 nitrogen and oxygen atoms in total. The smallest absolute Gasteiger partial charge is 0.0761 e. The minimum Gasteiger partial charge on any atom is -0.260 e. The Morgan fingerprint density at radius 1 is 1.27 bits per heavy atom. The van der Waals surface area contributed by atoms with Gasteiger partial charge < -0.3 is 0 Å². The Bertz CT molecular complexity index is 281. The lowest BCUT2D eigenvalue weighted by Crippen LogP contribution is -1.68. The van der Waals surface area contributed by atoms with Gasteiger partial charge in [0.25, 0.3) is 0 Å². The second kappa shape index (κ2) is 3.09. The van der Waals surface area contributed by atoms with Crippen LogP contribution in [0.1, 0.15) is 6.42 Å². The summed E-state index contributed by atoms with van der Waals surface area (Å²) in [4.78, 5) is 5.56. The predicted octanol–water partition coefficient (Wildman–Crippen LogP) is 3.05. The van der Waals surface area contributed by atoms with Gasteiger partial charge in [0.05, 0.1) is 5.69 Å². The Labute approximate surface area is 70.5 Å². The topological polar surface area (TPSA) is 12.4 Å². The lowest BCUT2D eigenvalue weighted by molar-refractivity contribution is 1.39. The summed E-state index contributed by atoms with van der Waals surface area (Å²) in [6.45, 7) is 0. The summed E-state index contributed by atoms with van der Waals surface area (Å²) in [7, 11) is 0. The fourth-order valence-electron chi connectivity index (χ4n) is 0.995. The van der Waals surface area contributed by atoms with Crippen molar-refractivity contribution in [2.75, 3.05) is 0 Å². The van der Waals surface area contributed by atoms with Crippen LogP contribution in [0.15, 0.2) is 34.2 Å². The van der Waals surface area contributed by atoms with Crippen LogP contribution in [0.4, 0.5) is 5.69 Å². The fourth-order valence-corrected chi connectivity index (χ4v) is 1.76. The average molecular weight is 162 g/mol. The van der Waals surface area contributed by atoms with Gasteiger partial charge in [-0.05, 0) is 18.6 Å². The third-order valence-corrected chi connectivity index (χ3v) is 2.47. The van der Waals surface area contributed by atoms with E-state index in [-0.39, 0.29) is 0 Å². The number of rotatable bonds is 0. The summed E-state index contributed by atoms with van der Waals surface area (Å²) >= 11 is 1.76. The zero-order valence-corrected chi connectivity index (χ0v) is 6.84. The first kappa shape index (κ1) is 6.92. The normalized spacial score (nSPS) is 15.6. The Morgan fingerprint density at radius 2 is 2.18 bits per heavy atom. The summed E-state index contributed by atoms with van der Waals surface area (Å²) in [5.41, 5.74) is 1.09. The van der Waals surface area contributed by atoms with Gasteiger partial charge in [-0.1, -0.05) is 12.1 Å². The minimum absolute atomic E-state index is 0.958. The van der Waals surface area contributed by atoms with Crippen molar-refractivity contribution in [2.45, 2.75) is 11.3 Å². The largest absolute Gasteiger partial charge is 0.260 e. The number of fused-ring (bicyclic) bond motifs is 1. The Hall–Kier alpha value is -0.760. The van der Waals surface area contributed by atoms with Crippen LogP contribution in [0.2, 0.25) is 0 Å². The van der Waals surface area contributed by atoms with Crippen molar-refractivity contribution in [3.05, 3.63) is 30.0 Å². The van der Waals surface area contributed by atoms with Crippen LogP contribution in [0.5, 0.6) is 0 Å². The Balaban J connectivity index is 2.45. The number of hydrogen-bond donors (Lipinski definition) is 0. The van der Waals surface area contributed by atoms with Gasteiger partial charge >= 0.3 is 0 Å². The third kappa shape index (κ3) is 1.46. The molecule has 1 aliphatic heterocycles. The highest BCUT2D eigenvalue weighted by Gasteiger charge is 2.02. The van der Waals surface area contributed by atoms with E-state index in [1.165, 1.54) is 4.90 Å². The molecule has 0 N–H and O–H groups in total. The van der Waals surface area contributed by atoms with Crippen LogP contribution < -0.4 is 0 Å². The molecule has 0 spiro atoms. The molecule has 0 fully saturated rings. The van der Waals surface area contributed by atoms with Crippen LogP contribution >= 0.6 is 11.8 Å². The maximum atomic E-state index is 4.31. The SMILES string of the molecule is [CH]1CC=Nc2ccccc2S1. The predicted molar refractivity (Wildman–Crippen MR) is 49.4 cm³/mol. The van der Waals surface area contributed by atoms with Crippen molar-refractivity contribution in [1.82, 2.24) is 0 Å². The second-order valence-electron chi connectivity index (χ2n) is 2.30. The molecule has 2 rings (SSSR count). The first-order valence-electron chi connectivity index (χ1n) is 3.57. The third-order valence-electron chi connectivity index (χ3n) is 1.51. The van der Waals surface area contributed by atoms with Crippen molar-refractivity contribution < 1.29 is 0 Å². The molecule has 1 aromatic carbocycles. The molecule has 0 saturated carbocycles. The van der Waals surface area contributed by atoms with E-state index in [0.29, 0.717) is 0 Å². The van der Waals surface area contributed by atoms with Crippen LogP contribution in [-0.2, 0) is 0 Å². The molecule has 0 bridgehead atoms. The number of hydrogen-bond acceptors (Lipinski definition) is 2. The molecule has 55 valence electrons. The molecule has 0 aliphatic carbocycles. The maximum Gasteiger partial charge on any atom is 0.0761 e. The van der Waals surface area contributed by atoms with Gasteiger partial charge in [-0.15, -0.1) is 11.8 Å². The molecule has 11 heavy (non-hydrogen) atoms. The van der Waals surface area contributed by atoms with Crippen LogP contribution in [-0.4, -0.2) is 6.21 Å². The molecule has 1 radical (unpaired) electrons. The van der Waals surface area contributed by atoms with Crippen LogP contribution in [0.25, 0.3) is 0 Å². The first-order valence-corrected chi connectivity index (χ1v) is 4.45. The number of nitrogens with zero attached hydrogens (tertiary/aromatic N) is 1. The summed E-state index contributed by atoms with van der Waals surface area (Å²) in [5.74, 6) is 2.16. The number of benzene rings is 1. The maximum absolute atomic E-state index is 4.31. The molecule has 0 amide bonds. The van der Waals surface area contributed by atoms with E-state index < -0.39 is 0 Å². The molecule has 0 saturated heterocycles.